The van der Waals surface area contributed by atoms with Crippen molar-refractivity contribution in [3.05, 3.63) is 100 Å². The van der Waals surface area contributed by atoms with Gasteiger partial charge in [0.25, 0.3) is 5.91 Å². The second-order valence-electron chi connectivity index (χ2n) is 7.86. The van der Waals surface area contributed by atoms with E-state index in [0.717, 1.165) is 22.0 Å². The standard InChI is InChI=1S/C27H28BrFN2O3/c1-2-16-30-27(33)24(17-20-8-4-3-5-9-20)31(18-21-12-14-22(28)15-13-21)26(32)19-34-25-11-7-6-10-23(25)29/h3-15,24H,2,16-19H2,1H3,(H,30,33)/t24-/m1/s1. The van der Waals surface area contributed by atoms with Gasteiger partial charge in [-0.25, -0.2) is 4.39 Å². The topological polar surface area (TPSA) is 58.6 Å². The summed E-state index contributed by atoms with van der Waals surface area (Å²) in [6, 6.07) is 22.3. The van der Waals surface area contributed by atoms with Crippen LogP contribution in [0.5, 0.6) is 5.75 Å². The summed E-state index contributed by atoms with van der Waals surface area (Å²) in [5, 5.41) is 2.92. The minimum atomic E-state index is -0.755. The number of nitrogens with zero attached hydrogens (tertiary/aromatic N) is 1. The number of nitrogens with one attached hydrogen (secondary N) is 1. The minimum absolute atomic E-state index is 0.00511. The first-order valence-electron chi connectivity index (χ1n) is 11.2. The van der Waals surface area contributed by atoms with E-state index in [1.54, 1.807) is 12.1 Å². The van der Waals surface area contributed by atoms with E-state index < -0.39 is 17.8 Å². The highest BCUT2D eigenvalue weighted by molar-refractivity contribution is 9.10. The average Bonchev–Trinajstić information content (AvgIpc) is 2.85. The highest BCUT2D eigenvalue weighted by Gasteiger charge is 2.30. The van der Waals surface area contributed by atoms with Gasteiger partial charge in [0.2, 0.25) is 5.91 Å². The molecular weight excluding hydrogens is 499 g/mol. The minimum Gasteiger partial charge on any atom is -0.481 e. The molecule has 0 radical (unpaired) electrons. The van der Waals surface area contributed by atoms with Crippen molar-refractivity contribution in [1.82, 2.24) is 10.2 Å². The lowest BCUT2D eigenvalue weighted by atomic mass is 10.0. The number of benzene rings is 3. The van der Waals surface area contributed by atoms with E-state index in [0.29, 0.717) is 13.0 Å². The van der Waals surface area contributed by atoms with Crippen LogP contribution in [0.15, 0.2) is 83.3 Å². The van der Waals surface area contributed by atoms with Gasteiger partial charge in [-0.3, -0.25) is 9.59 Å². The third-order valence-corrected chi connectivity index (χ3v) is 5.80. The van der Waals surface area contributed by atoms with E-state index in [1.807, 2.05) is 61.5 Å². The van der Waals surface area contributed by atoms with Crippen LogP contribution in [-0.2, 0) is 22.6 Å². The molecule has 0 saturated heterocycles. The predicted molar refractivity (Wildman–Crippen MR) is 134 cm³/mol. The van der Waals surface area contributed by atoms with E-state index in [4.69, 9.17) is 4.74 Å². The van der Waals surface area contributed by atoms with Crippen LogP contribution in [0.3, 0.4) is 0 Å². The summed E-state index contributed by atoms with van der Waals surface area (Å²) in [5.74, 6) is -1.19. The zero-order valence-electron chi connectivity index (χ0n) is 19.0. The maximum absolute atomic E-state index is 14.0. The molecule has 3 rings (SSSR count). The molecule has 7 heteroatoms. The summed E-state index contributed by atoms with van der Waals surface area (Å²) in [7, 11) is 0. The van der Waals surface area contributed by atoms with Crippen LogP contribution >= 0.6 is 15.9 Å². The molecule has 0 saturated carbocycles. The van der Waals surface area contributed by atoms with Gasteiger partial charge >= 0.3 is 0 Å². The number of hydrogen-bond donors (Lipinski definition) is 1. The van der Waals surface area contributed by atoms with Gasteiger partial charge in [-0.05, 0) is 41.8 Å². The number of carbonyl (C=O) groups is 2. The van der Waals surface area contributed by atoms with Gasteiger partial charge < -0.3 is 15.0 Å². The Morgan fingerprint density at radius 2 is 1.65 bits per heavy atom. The first-order valence-corrected chi connectivity index (χ1v) is 12.0. The van der Waals surface area contributed by atoms with Crippen molar-refractivity contribution in [2.24, 2.45) is 0 Å². The smallest absolute Gasteiger partial charge is 0.261 e. The molecule has 1 atom stereocenters. The first kappa shape index (κ1) is 25.4. The number of carbonyl (C=O) groups excluding carboxylic acids is 2. The monoisotopic (exact) mass is 526 g/mol. The summed E-state index contributed by atoms with van der Waals surface area (Å²) in [6.07, 6.45) is 1.12. The summed E-state index contributed by atoms with van der Waals surface area (Å²) >= 11 is 3.42. The highest BCUT2D eigenvalue weighted by Crippen LogP contribution is 2.19. The Balaban J connectivity index is 1.89. The summed E-state index contributed by atoms with van der Waals surface area (Å²) in [5.41, 5.74) is 1.80. The maximum Gasteiger partial charge on any atom is 0.261 e. The molecule has 0 aliphatic rings. The molecule has 5 nitrogen and oxygen atoms in total. The largest absolute Gasteiger partial charge is 0.481 e. The lowest BCUT2D eigenvalue weighted by Gasteiger charge is -2.31. The van der Waals surface area contributed by atoms with Crippen LogP contribution in [-0.4, -0.2) is 35.9 Å². The van der Waals surface area contributed by atoms with Crippen LogP contribution < -0.4 is 10.1 Å². The zero-order chi connectivity index (χ0) is 24.3. The number of ether oxygens (including phenoxy) is 1. The number of amides is 2. The van der Waals surface area contributed by atoms with E-state index in [1.165, 1.54) is 17.0 Å². The van der Waals surface area contributed by atoms with Crippen molar-refractivity contribution in [3.8, 4) is 5.75 Å². The molecule has 0 heterocycles. The Hall–Kier alpha value is -3.19. The van der Waals surface area contributed by atoms with Crippen molar-refractivity contribution >= 4 is 27.7 Å². The van der Waals surface area contributed by atoms with Gasteiger partial charge in [0, 0.05) is 24.0 Å². The molecule has 34 heavy (non-hydrogen) atoms. The number of rotatable bonds is 11. The fourth-order valence-corrected chi connectivity index (χ4v) is 3.76. The Labute approximate surface area is 208 Å². The molecule has 3 aromatic rings. The molecule has 0 aliphatic carbocycles. The van der Waals surface area contributed by atoms with Gasteiger partial charge in [-0.1, -0.05) is 77.5 Å². The quantitative estimate of drug-likeness (QED) is 0.376. The Bertz CT molecular complexity index is 1080. The fourth-order valence-electron chi connectivity index (χ4n) is 3.49. The van der Waals surface area contributed by atoms with E-state index in [-0.39, 0.29) is 24.8 Å². The molecule has 0 fully saturated rings. The molecule has 0 bridgehead atoms. The van der Waals surface area contributed by atoms with E-state index in [9.17, 15) is 14.0 Å². The molecule has 3 aromatic carbocycles. The summed E-state index contributed by atoms with van der Waals surface area (Å²) in [6.45, 7) is 2.31. The van der Waals surface area contributed by atoms with Crippen LogP contribution in [0, 0.1) is 5.82 Å². The van der Waals surface area contributed by atoms with Crippen LogP contribution in [0.25, 0.3) is 0 Å². The number of para-hydroxylation sites is 1. The molecule has 0 aliphatic heterocycles. The summed E-state index contributed by atoms with van der Waals surface area (Å²) in [4.78, 5) is 28.1. The first-order chi connectivity index (χ1) is 16.5. The normalized spacial score (nSPS) is 11.5. The Kier molecular flexibility index (Phi) is 9.64. The highest BCUT2D eigenvalue weighted by atomic mass is 79.9. The van der Waals surface area contributed by atoms with Crippen molar-refractivity contribution in [1.29, 1.82) is 0 Å². The zero-order valence-corrected chi connectivity index (χ0v) is 20.6. The van der Waals surface area contributed by atoms with Gasteiger partial charge in [0.05, 0.1) is 0 Å². The number of halogens is 2. The maximum atomic E-state index is 14.0. The van der Waals surface area contributed by atoms with Gasteiger partial charge in [-0.2, -0.15) is 0 Å². The molecule has 0 spiro atoms. The van der Waals surface area contributed by atoms with Crippen LogP contribution in [0.2, 0.25) is 0 Å². The second-order valence-corrected chi connectivity index (χ2v) is 8.78. The average molecular weight is 527 g/mol. The van der Waals surface area contributed by atoms with Crippen LogP contribution in [0.1, 0.15) is 24.5 Å². The van der Waals surface area contributed by atoms with E-state index >= 15 is 0 Å². The third kappa shape index (κ3) is 7.42. The van der Waals surface area contributed by atoms with Crippen molar-refractivity contribution in [2.45, 2.75) is 32.4 Å². The fraction of sp³-hybridized carbons (Fsp3) is 0.259. The van der Waals surface area contributed by atoms with E-state index in [2.05, 4.69) is 21.2 Å². The lowest BCUT2D eigenvalue weighted by Crippen LogP contribution is -2.51. The van der Waals surface area contributed by atoms with Gasteiger partial charge in [-0.15, -0.1) is 0 Å². The number of hydrogen-bond acceptors (Lipinski definition) is 3. The molecule has 0 unspecified atom stereocenters. The second kappa shape index (κ2) is 12.9. The van der Waals surface area contributed by atoms with Gasteiger partial charge in [0.1, 0.15) is 6.04 Å². The predicted octanol–water partition coefficient (Wildman–Crippen LogP) is 5.13. The van der Waals surface area contributed by atoms with Gasteiger partial charge in [0.15, 0.2) is 18.2 Å². The Morgan fingerprint density at radius 3 is 2.32 bits per heavy atom. The third-order valence-electron chi connectivity index (χ3n) is 5.27. The van der Waals surface area contributed by atoms with Crippen molar-refractivity contribution in [3.63, 3.8) is 0 Å². The molecule has 0 aromatic heterocycles. The lowest BCUT2D eigenvalue weighted by molar-refractivity contribution is -0.142. The SMILES string of the molecule is CCCNC(=O)[C@@H](Cc1ccccc1)N(Cc1ccc(Br)cc1)C(=O)COc1ccccc1F. The van der Waals surface area contributed by atoms with Crippen molar-refractivity contribution < 1.29 is 18.7 Å². The molecule has 2 amide bonds. The Morgan fingerprint density at radius 1 is 0.971 bits per heavy atom. The summed E-state index contributed by atoms with van der Waals surface area (Å²) < 4.78 is 20.4. The van der Waals surface area contributed by atoms with Crippen LogP contribution in [0.4, 0.5) is 4.39 Å². The molecule has 178 valence electrons. The molecule has 1 N–H and O–H groups in total. The van der Waals surface area contributed by atoms with Crippen molar-refractivity contribution in [2.75, 3.05) is 13.2 Å². The molecular formula is C27H28BrFN2O3.